The maximum atomic E-state index is 12.2. The molecule has 2 rings (SSSR count). The fourth-order valence-corrected chi connectivity index (χ4v) is 2.65. The summed E-state index contributed by atoms with van der Waals surface area (Å²) >= 11 is 0. The van der Waals surface area contributed by atoms with Gasteiger partial charge in [-0.1, -0.05) is 12.1 Å². The molecule has 0 bridgehead atoms. The van der Waals surface area contributed by atoms with Crippen molar-refractivity contribution in [2.45, 2.75) is 25.9 Å². The lowest BCUT2D eigenvalue weighted by atomic mass is 10.1. The summed E-state index contributed by atoms with van der Waals surface area (Å²) in [6, 6.07) is 6.83. The van der Waals surface area contributed by atoms with Gasteiger partial charge in [-0.2, -0.15) is 0 Å². The van der Waals surface area contributed by atoms with Gasteiger partial charge in [0.15, 0.2) is 0 Å². The van der Waals surface area contributed by atoms with Crippen LogP contribution in [-0.2, 0) is 16.1 Å². The average molecular weight is 303 g/mol. The average Bonchev–Trinajstić information content (AvgIpc) is 2.81. The quantitative estimate of drug-likeness (QED) is 0.810. The number of amides is 3. The van der Waals surface area contributed by atoms with E-state index in [4.69, 9.17) is 0 Å². The van der Waals surface area contributed by atoms with E-state index in [1.54, 1.807) is 26.1 Å². The van der Waals surface area contributed by atoms with Gasteiger partial charge in [-0.05, 0) is 31.7 Å². The Labute approximate surface area is 130 Å². The van der Waals surface area contributed by atoms with Crippen LogP contribution in [0.1, 0.15) is 29.3 Å². The molecule has 1 heterocycles. The number of nitrogens with zero attached hydrogens (tertiary/aromatic N) is 2. The normalized spacial score (nSPS) is 18.2. The van der Waals surface area contributed by atoms with Crippen LogP contribution in [0.3, 0.4) is 0 Å². The maximum absolute atomic E-state index is 12.2. The molecule has 0 aliphatic carbocycles. The van der Waals surface area contributed by atoms with Crippen molar-refractivity contribution in [2.24, 2.45) is 0 Å². The second kappa shape index (κ2) is 6.70. The lowest BCUT2D eigenvalue weighted by Crippen LogP contribution is -2.39. The third kappa shape index (κ3) is 3.17. The lowest BCUT2D eigenvalue weighted by Gasteiger charge is -2.22. The zero-order valence-electron chi connectivity index (χ0n) is 13.1. The molecule has 1 aromatic rings. The summed E-state index contributed by atoms with van der Waals surface area (Å²) in [6.45, 7) is 2.77. The molecule has 0 aromatic heterocycles. The van der Waals surface area contributed by atoms with Crippen molar-refractivity contribution in [2.75, 3.05) is 20.6 Å². The van der Waals surface area contributed by atoms with E-state index < -0.39 is 6.04 Å². The summed E-state index contributed by atoms with van der Waals surface area (Å²) in [5.74, 6) is -0.369. The number of hydrogen-bond donors (Lipinski definition) is 1. The molecule has 1 fully saturated rings. The summed E-state index contributed by atoms with van der Waals surface area (Å²) in [5, 5.41) is 2.57. The van der Waals surface area contributed by atoms with Crippen LogP contribution in [0.15, 0.2) is 24.3 Å². The number of likely N-dealkylation sites (N-methyl/N-ethyl adjacent to an activating group) is 2. The first-order valence-corrected chi connectivity index (χ1v) is 7.33. The van der Waals surface area contributed by atoms with Crippen molar-refractivity contribution in [3.63, 3.8) is 0 Å². The summed E-state index contributed by atoms with van der Waals surface area (Å²) in [4.78, 5) is 38.6. The van der Waals surface area contributed by atoms with Crippen molar-refractivity contribution in [1.29, 1.82) is 0 Å². The van der Waals surface area contributed by atoms with Crippen LogP contribution in [0.5, 0.6) is 0 Å². The third-order valence-electron chi connectivity index (χ3n) is 3.94. The van der Waals surface area contributed by atoms with E-state index >= 15 is 0 Å². The van der Waals surface area contributed by atoms with Gasteiger partial charge >= 0.3 is 0 Å². The molecule has 1 aliphatic heterocycles. The van der Waals surface area contributed by atoms with Crippen LogP contribution < -0.4 is 5.32 Å². The number of hydrogen-bond acceptors (Lipinski definition) is 4. The molecule has 22 heavy (non-hydrogen) atoms. The van der Waals surface area contributed by atoms with Crippen molar-refractivity contribution in [3.8, 4) is 0 Å². The Balaban J connectivity index is 2.03. The monoisotopic (exact) mass is 303 g/mol. The Morgan fingerprint density at radius 3 is 2.45 bits per heavy atom. The molecule has 1 atom stereocenters. The molecule has 3 amide bonds. The molecule has 6 heteroatoms. The fraction of sp³-hybridized carbons (Fsp3) is 0.438. The number of carbonyl (C=O) groups is 3. The van der Waals surface area contributed by atoms with Crippen LogP contribution in [0.25, 0.3) is 0 Å². The first-order valence-electron chi connectivity index (χ1n) is 7.33. The highest BCUT2D eigenvalue weighted by Gasteiger charge is 2.39. The Morgan fingerprint density at radius 2 is 1.95 bits per heavy atom. The Kier molecular flexibility index (Phi) is 4.92. The highest BCUT2D eigenvalue weighted by Crippen LogP contribution is 2.19. The van der Waals surface area contributed by atoms with Crippen LogP contribution in [-0.4, -0.2) is 54.2 Å². The van der Waals surface area contributed by atoms with Crippen LogP contribution in [0.2, 0.25) is 0 Å². The van der Waals surface area contributed by atoms with Gasteiger partial charge in [-0.3, -0.25) is 24.2 Å². The standard InChI is InChI=1S/C16H21N3O3/c1-4-19-14(20)9-13(16(19)22)18(3)10-11-5-7-12(8-6-11)15(21)17-2/h5-8,13H,4,9-10H2,1-3H3,(H,17,21)/t13-/m0/s1. The van der Waals surface area contributed by atoms with Gasteiger partial charge in [0.1, 0.15) is 0 Å². The first kappa shape index (κ1) is 16.2. The van der Waals surface area contributed by atoms with Gasteiger partial charge < -0.3 is 5.32 Å². The topological polar surface area (TPSA) is 69.7 Å². The predicted octanol–water partition coefficient (Wildman–Crippen LogP) is 0.625. The number of rotatable bonds is 5. The van der Waals surface area contributed by atoms with E-state index in [0.717, 1.165) is 5.56 Å². The molecule has 0 saturated carbocycles. The van der Waals surface area contributed by atoms with Crippen molar-refractivity contribution < 1.29 is 14.4 Å². The molecule has 0 spiro atoms. The van der Waals surface area contributed by atoms with Gasteiger partial charge in [0.25, 0.3) is 5.91 Å². The molecule has 0 radical (unpaired) electrons. The SMILES string of the molecule is CCN1C(=O)C[C@H](N(C)Cc2ccc(C(=O)NC)cc2)C1=O. The summed E-state index contributed by atoms with van der Waals surface area (Å²) < 4.78 is 0. The molecule has 6 nitrogen and oxygen atoms in total. The van der Waals surface area contributed by atoms with Crippen molar-refractivity contribution in [3.05, 3.63) is 35.4 Å². The highest BCUT2D eigenvalue weighted by atomic mass is 16.2. The summed E-state index contributed by atoms with van der Waals surface area (Å²) in [6.07, 6.45) is 0.236. The van der Waals surface area contributed by atoms with E-state index in [1.807, 2.05) is 24.1 Å². The minimum Gasteiger partial charge on any atom is -0.355 e. The second-order valence-electron chi connectivity index (χ2n) is 5.39. The zero-order chi connectivity index (χ0) is 16.3. The molecular formula is C16H21N3O3. The van der Waals surface area contributed by atoms with Gasteiger partial charge in [0, 0.05) is 25.7 Å². The van der Waals surface area contributed by atoms with Crippen LogP contribution in [0.4, 0.5) is 0 Å². The summed E-state index contributed by atoms with van der Waals surface area (Å²) in [7, 11) is 3.42. The predicted molar refractivity (Wildman–Crippen MR) is 82.1 cm³/mol. The number of nitrogens with one attached hydrogen (secondary N) is 1. The smallest absolute Gasteiger partial charge is 0.251 e. The summed E-state index contributed by atoms with van der Waals surface area (Å²) in [5.41, 5.74) is 1.59. The minimum atomic E-state index is -0.397. The van der Waals surface area contributed by atoms with Gasteiger partial charge in [0.05, 0.1) is 12.5 Å². The van der Waals surface area contributed by atoms with Gasteiger partial charge in [-0.25, -0.2) is 0 Å². The van der Waals surface area contributed by atoms with Gasteiger partial charge in [-0.15, -0.1) is 0 Å². The largest absolute Gasteiger partial charge is 0.355 e. The zero-order valence-corrected chi connectivity index (χ0v) is 13.1. The van der Waals surface area contributed by atoms with Gasteiger partial charge in [0.2, 0.25) is 11.8 Å². The Bertz CT molecular complexity index is 583. The molecule has 1 aromatic carbocycles. The minimum absolute atomic E-state index is 0.112. The maximum Gasteiger partial charge on any atom is 0.251 e. The van der Waals surface area contributed by atoms with E-state index in [9.17, 15) is 14.4 Å². The number of likely N-dealkylation sites (tertiary alicyclic amines) is 1. The molecule has 1 aliphatic rings. The highest BCUT2D eigenvalue weighted by molar-refractivity contribution is 6.05. The van der Waals surface area contributed by atoms with Crippen molar-refractivity contribution >= 4 is 17.7 Å². The number of imide groups is 1. The van der Waals surface area contributed by atoms with Crippen molar-refractivity contribution in [1.82, 2.24) is 15.1 Å². The third-order valence-corrected chi connectivity index (χ3v) is 3.94. The molecule has 118 valence electrons. The first-order chi connectivity index (χ1) is 10.5. The Hall–Kier alpha value is -2.21. The van der Waals surface area contributed by atoms with E-state index in [-0.39, 0.29) is 24.1 Å². The number of carbonyl (C=O) groups excluding carboxylic acids is 3. The fourth-order valence-electron chi connectivity index (χ4n) is 2.65. The van der Waals surface area contributed by atoms with Crippen LogP contribution >= 0.6 is 0 Å². The molecule has 0 unspecified atom stereocenters. The molecule has 1 saturated heterocycles. The lowest BCUT2D eigenvalue weighted by molar-refractivity contribution is -0.139. The van der Waals surface area contributed by atoms with E-state index in [2.05, 4.69) is 5.32 Å². The van der Waals surface area contributed by atoms with E-state index in [1.165, 1.54) is 4.90 Å². The second-order valence-corrected chi connectivity index (χ2v) is 5.39. The number of benzene rings is 1. The molecular weight excluding hydrogens is 282 g/mol. The van der Waals surface area contributed by atoms with Crippen LogP contribution in [0, 0.1) is 0 Å². The molecule has 1 N–H and O–H groups in total. The van der Waals surface area contributed by atoms with E-state index in [0.29, 0.717) is 18.7 Å². The Morgan fingerprint density at radius 1 is 1.32 bits per heavy atom.